The lowest BCUT2D eigenvalue weighted by atomic mass is 10.1. The summed E-state index contributed by atoms with van der Waals surface area (Å²) in [5.41, 5.74) is 0. The van der Waals surface area contributed by atoms with E-state index in [2.05, 4.69) is 21.8 Å². The first-order chi connectivity index (χ1) is 11.2. The zero-order chi connectivity index (χ0) is 18.6. The molecule has 8 heteroatoms. The Labute approximate surface area is 147 Å². The second kappa shape index (κ2) is 11.8. The molecule has 0 aliphatic rings. The molecule has 0 aliphatic carbocycles. The largest absolute Gasteiger partial charge is 0.301 e. The molecule has 0 amide bonds. The lowest BCUT2D eigenvalue weighted by Gasteiger charge is -2.15. The van der Waals surface area contributed by atoms with Gasteiger partial charge in [0.15, 0.2) is 0 Å². The van der Waals surface area contributed by atoms with Gasteiger partial charge in [0.25, 0.3) is 0 Å². The van der Waals surface area contributed by atoms with Crippen molar-refractivity contribution < 1.29 is 25.5 Å². The summed E-state index contributed by atoms with van der Waals surface area (Å²) in [6.07, 6.45) is 8.05. The van der Waals surface area contributed by atoms with Gasteiger partial charge in [-0.3, -0.25) is 0 Å². The molecule has 0 aromatic heterocycles. The Morgan fingerprint density at radius 3 is 1.33 bits per heavy atom. The third-order valence-electron chi connectivity index (χ3n) is 3.67. The van der Waals surface area contributed by atoms with Gasteiger partial charge >= 0.3 is 20.2 Å². The molecule has 0 aliphatic heterocycles. The Morgan fingerprint density at radius 1 is 0.750 bits per heavy atom. The number of unbranched alkanes of at least 4 members (excludes halogenated alkanes) is 4. The number of rotatable bonds is 15. The van der Waals surface area contributed by atoms with Gasteiger partial charge in [0.2, 0.25) is 0 Å². The Balaban J connectivity index is 4.79. The van der Waals surface area contributed by atoms with Crippen LogP contribution < -0.4 is 0 Å². The van der Waals surface area contributed by atoms with E-state index in [0.29, 0.717) is 25.7 Å². The molecule has 24 heavy (non-hydrogen) atoms. The van der Waals surface area contributed by atoms with Crippen molar-refractivity contribution in [2.45, 2.75) is 75.7 Å². The molecule has 0 aromatic carbocycles. The monoisotopic (exact) mass is 382 g/mol. The first kappa shape index (κ1) is 23.3. The van der Waals surface area contributed by atoms with Crippen LogP contribution in [0.15, 0.2) is 25.3 Å². The van der Waals surface area contributed by atoms with Crippen molar-refractivity contribution in [3.05, 3.63) is 25.3 Å². The highest BCUT2D eigenvalue weighted by Crippen LogP contribution is 2.19. The van der Waals surface area contributed by atoms with Gasteiger partial charge in [0, 0.05) is 0 Å². The average Bonchev–Trinajstić information content (AvgIpc) is 2.53. The summed E-state index contributed by atoms with van der Waals surface area (Å²) < 4.78 is 56.9. The molecule has 0 spiro atoms. The van der Waals surface area contributed by atoms with E-state index in [9.17, 15) is 16.8 Å². The summed E-state index contributed by atoms with van der Waals surface area (Å²) in [5.74, 6) is 0. The van der Waals surface area contributed by atoms with Crippen LogP contribution in [0.3, 0.4) is 0 Å². The van der Waals surface area contributed by atoms with Crippen LogP contribution in [-0.2, 0) is 28.9 Å². The standard InChI is InChI=1S/C16H30O6S2/c1-5-9-11-13-15(7-3)23(17,18)21-22-24(19,20)16(8-4)14-12-10-6-2/h7-8,15-16H,3-6,9-14H2,1-2H3. The van der Waals surface area contributed by atoms with Crippen molar-refractivity contribution >= 4 is 20.2 Å². The third-order valence-corrected chi connectivity index (χ3v) is 6.61. The molecule has 2 atom stereocenters. The van der Waals surface area contributed by atoms with Gasteiger partial charge in [-0.25, -0.2) is 0 Å². The van der Waals surface area contributed by atoms with Gasteiger partial charge in [-0.05, 0) is 12.8 Å². The highest BCUT2D eigenvalue weighted by atomic mass is 32.2. The van der Waals surface area contributed by atoms with Gasteiger partial charge in [-0.15, -0.1) is 13.2 Å². The van der Waals surface area contributed by atoms with Crippen molar-refractivity contribution in [1.82, 2.24) is 0 Å². The lowest BCUT2D eigenvalue weighted by molar-refractivity contribution is -0.0868. The fraction of sp³-hybridized carbons (Fsp3) is 0.750. The molecule has 0 radical (unpaired) electrons. The summed E-state index contributed by atoms with van der Waals surface area (Å²) in [4.78, 5) is 0. The number of hydrogen-bond acceptors (Lipinski definition) is 6. The maximum atomic E-state index is 12.1. The minimum atomic E-state index is -4.21. The lowest BCUT2D eigenvalue weighted by Crippen LogP contribution is -2.27. The predicted octanol–water partition coefficient (Wildman–Crippen LogP) is 3.86. The fourth-order valence-electron chi connectivity index (χ4n) is 2.13. The van der Waals surface area contributed by atoms with Crippen LogP contribution >= 0.6 is 0 Å². The summed E-state index contributed by atoms with van der Waals surface area (Å²) in [7, 11) is -8.41. The minimum absolute atomic E-state index is 0.310. The summed E-state index contributed by atoms with van der Waals surface area (Å²) in [5, 5.41) is -2.00. The molecule has 0 N–H and O–H groups in total. The molecular formula is C16H30O6S2. The predicted molar refractivity (Wildman–Crippen MR) is 96.3 cm³/mol. The van der Waals surface area contributed by atoms with Crippen LogP contribution in [-0.4, -0.2) is 27.3 Å². The second-order valence-corrected chi connectivity index (χ2v) is 9.12. The highest BCUT2D eigenvalue weighted by Gasteiger charge is 2.30. The van der Waals surface area contributed by atoms with Crippen molar-refractivity contribution in [3.8, 4) is 0 Å². The average molecular weight is 383 g/mol. The highest BCUT2D eigenvalue weighted by molar-refractivity contribution is 7.89. The van der Waals surface area contributed by atoms with Crippen LogP contribution in [0, 0.1) is 0 Å². The Morgan fingerprint density at radius 2 is 1.08 bits per heavy atom. The van der Waals surface area contributed by atoms with Crippen molar-refractivity contribution in [1.29, 1.82) is 0 Å². The van der Waals surface area contributed by atoms with Crippen LogP contribution in [0.2, 0.25) is 0 Å². The molecule has 6 nitrogen and oxygen atoms in total. The first-order valence-electron chi connectivity index (χ1n) is 8.35. The SMILES string of the molecule is C=CC(CCCCC)S(=O)(=O)OOS(=O)(=O)C(C=C)CCCCC. The fourth-order valence-corrected chi connectivity index (χ4v) is 4.33. The smallest absolute Gasteiger partial charge is 0.196 e. The van der Waals surface area contributed by atoms with Crippen LogP contribution in [0.5, 0.6) is 0 Å². The van der Waals surface area contributed by atoms with E-state index in [1.807, 2.05) is 13.8 Å². The minimum Gasteiger partial charge on any atom is -0.196 e. The van der Waals surface area contributed by atoms with Crippen LogP contribution in [0.25, 0.3) is 0 Å². The zero-order valence-electron chi connectivity index (χ0n) is 14.6. The summed E-state index contributed by atoms with van der Waals surface area (Å²) >= 11 is 0. The molecule has 0 heterocycles. The van der Waals surface area contributed by atoms with E-state index in [1.54, 1.807) is 0 Å². The molecular weight excluding hydrogens is 352 g/mol. The van der Waals surface area contributed by atoms with Crippen molar-refractivity contribution in [3.63, 3.8) is 0 Å². The maximum Gasteiger partial charge on any atom is 0.301 e. The quantitative estimate of drug-likeness (QED) is 0.185. The van der Waals surface area contributed by atoms with Gasteiger partial charge in [0.1, 0.15) is 10.5 Å². The van der Waals surface area contributed by atoms with Crippen LogP contribution in [0.4, 0.5) is 0 Å². The van der Waals surface area contributed by atoms with Gasteiger partial charge < -0.3 is 0 Å². The molecule has 0 rings (SSSR count). The van der Waals surface area contributed by atoms with E-state index in [0.717, 1.165) is 25.7 Å². The Bertz CT molecular complexity index is 513. The first-order valence-corrected chi connectivity index (χ1v) is 11.3. The van der Waals surface area contributed by atoms with Gasteiger partial charge in [-0.2, -0.15) is 16.8 Å². The van der Waals surface area contributed by atoms with E-state index < -0.39 is 30.7 Å². The molecule has 142 valence electrons. The summed E-state index contributed by atoms with van der Waals surface area (Å²) in [6.45, 7) is 10.9. The van der Waals surface area contributed by atoms with E-state index in [4.69, 9.17) is 0 Å². The molecule has 0 bridgehead atoms. The Kier molecular flexibility index (Phi) is 11.4. The van der Waals surface area contributed by atoms with Crippen LogP contribution in [0.1, 0.15) is 65.2 Å². The normalized spacial score (nSPS) is 14.9. The number of hydrogen-bond donors (Lipinski definition) is 0. The molecule has 0 fully saturated rings. The van der Waals surface area contributed by atoms with Gasteiger partial charge in [0.05, 0.1) is 0 Å². The molecule has 0 aromatic rings. The Hall–Kier alpha value is -0.700. The van der Waals surface area contributed by atoms with E-state index in [1.165, 1.54) is 12.2 Å². The third kappa shape index (κ3) is 8.41. The molecule has 2 unspecified atom stereocenters. The van der Waals surface area contributed by atoms with E-state index in [-0.39, 0.29) is 0 Å². The van der Waals surface area contributed by atoms with Crippen molar-refractivity contribution in [2.24, 2.45) is 0 Å². The topological polar surface area (TPSA) is 86.7 Å². The van der Waals surface area contributed by atoms with Crippen molar-refractivity contribution in [2.75, 3.05) is 0 Å². The van der Waals surface area contributed by atoms with Gasteiger partial charge in [-0.1, -0.05) is 73.2 Å². The summed E-state index contributed by atoms with van der Waals surface area (Å²) in [6, 6.07) is 0. The second-order valence-electron chi connectivity index (χ2n) is 5.66. The van der Waals surface area contributed by atoms with E-state index >= 15 is 0 Å². The molecule has 0 saturated carbocycles. The maximum absolute atomic E-state index is 12.1. The zero-order valence-corrected chi connectivity index (χ0v) is 16.3. The molecule has 0 saturated heterocycles.